The summed E-state index contributed by atoms with van der Waals surface area (Å²) in [5, 5.41) is 21.6. The number of hydrogen-bond acceptors (Lipinski definition) is 4. The van der Waals surface area contributed by atoms with Gasteiger partial charge in [-0.3, -0.25) is 0 Å². The summed E-state index contributed by atoms with van der Waals surface area (Å²) in [4.78, 5) is 0. The lowest BCUT2D eigenvalue weighted by atomic mass is 9.99. The number of rotatable bonds is 5. The Morgan fingerprint density at radius 2 is 2.28 bits per heavy atom. The molecule has 4 rings (SSSR count). The van der Waals surface area contributed by atoms with Gasteiger partial charge in [0, 0.05) is 43.9 Å². The summed E-state index contributed by atoms with van der Waals surface area (Å²) in [5.41, 5.74) is 2.80. The van der Waals surface area contributed by atoms with Gasteiger partial charge in [0.2, 0.25) is 0 Å². The Morgan fingerprint density at radius 3 is 3.12 bits per heavy atom. The molecule has 25 heavy (non-hydrogen) atoms. The van der Waals surface area contributed by atoms with Crippen molar-refractivity contribution in [1.82, 2.24) is 24.5 Å². The Kier molecular flexibility index (Phi) is 4.24. The van der Waals surface area contributed by atoms with Crippen LogP contribution < -0.4 is 5.32 Å². The third-order valence-electron chi connectivity index (χ3n) is 5.06. The van der Waals surface area contributed by atoms with E-state index in [2.05, 4.69) is 39.3 Å². The molecule has 0 unspecified atom stereocenters. The van der Waals surface area contributed by atoms with Crippen LogP contribution in [0.4, 0.5) is 0 Å². The van der Waals surface area contributed by atoms with Crippen LogP contribution in [0.15, 0.2) is 30.6 Å². The van der Waals surface area contributed by atoms with Crippen LogP contribution in [-0.4, -0.2) is 25.7 Å². The molecule has 3 aromatic rings. The van der Waals surface area contributed by atoms with Crippen LogP contribution in [0, 0.1) is 17.2 Å². The maximum Gasteiger partial charge on any atom is 0.133 e. The molecule has 0 spiro atoms. The molecule has 1 N–H and O–H groups in total. The first-order chi connectivity index (χ1) is 12.3. The van der Waals surface area contributed by atoms with E-state index >= 15 is 0 Å². The fraction of sp³-hybridized carbons (Fsp3) is 0.421. The molecule has 6 nitrogen and oxygen atoms in total. The summed E-state index contributed by atoms with van der Waals surface area (Å²) >= 11 is 0. The molecule has 0 aliphatic carbocycles. The quantitative estimate of drug-likeness (QED) is 0.777. The van der Waals surface area contributed by atoms with Crippen LogP contribution in [0.5, 0.6) is 0 Å². The molecule has 0 saturated heterocycles. The molecule has 0 bridgehead atoms. The fourth-order valence-corrected chi connectivity index (χ4v) is 3.73. The van der Waals surface area contributed by atoms with Gasteiger partial charge in [-0.15, -0.1) is 10.2 Å². The lowest BCUT2D eigenvalue weighted by Crippen LogP contribution is -2.30. The molecule has 6 heteroatoms. The normalized spacial score (nSPS) is 16.7. The van der Waals surface area contributed by atoms with Gasteiger partial charge in [-0.05, 0) is 31.0 Å². The number of fused-ring (bicyclic) bond motifs is 2. The van der Waals surface area contributed by atoms with E-state index in [4.69, 9.17) is 0 Å². The molecule has 0 saturated carbocycles. The molecule has 0 amide bonds. The van der Waals surface area contributed by atoms with Gasteiger partial charge in [-0.1, -0.05) is 13.0 Å². The summed E-state index contributed by atoms with van der Waals surface area (Å²) in [6.07, 6.45) is 7.10. The Balaban J connectivity index is 1.41. The molecule has 1 atom stereocenters. The number of pyridine rings is 1. The summed E-state index contributed by atoms with van der Waals surface area (Å²) in [6, 6.07) is 8.29. The van der Waals surface area contributed by atoms with Crippen molar-refractivity contribution in [1.29, 1.82) is 5.26 Å². The molecule has 0 aromatic carbocycles. The van der Waals surface area contributed by atoms with Crippen molar-refractivity contribution in [2.75, 3.05) is 6.54 Å². The Morgan fingerprint density at radius 1 is 1.36 bits per heavy atom. The van der Waals surface area contributed by atoms with Crippen LogP contribution >= 0.6 is 0 Å². The molecule has 0 radical (unpaired) electrons. The van der Waals surface area contributed by atoms with E-state index in [0.29, 0.717) is 5.92 Å². The maximum absolute atomic E-state index is 9.49. The van der Waals surface area contributed by atoms with E-state index in [-0.39, 0.29) is 0 Å². The van der Waals surface area contributed by atoms with Gasteiger partial charge in [-0.25, -0.2) is 0 Å². The lowest BCUT2D eigenvalue weighted by molar-refractivity contribution is 0.342. The number of nitriles is 1. The average Bonchev–Trinajstić information content (AvgIpc) is 3.21. The van der Waals surface area contributed by atoms with E-state index in [0.717, 1.165) is 67.2 Å². The van der Waals surface area contributed by atoms with Crippen molar-refractivity contribution in [3.8, 4) is 6.07 Å². The second-order valence-corrected chi connectivity index (χ2v) is 6.67. The minimum Gasteiger partial charge on any atom is -0.322 e. The zero-order valence-corrected chi connectivity index (χ0v) is 14.4. The largest absolute Gasteiger partial charge is 0.322 e. The van der Waals surface area contributed by atoms with Crippen LogP contribution in [-0.2, 0) is 25.9 Å². The molecule has 0 fully saturated rings. The third-order valence-corrected chi connectivity index (χ3v) is 5.06. The topological polar surface area (TPSA) is 70.9 Å². The third kappa shape index (κ3) is 2.92. The van der Waals surface area contributed by atoms with Gasteiger partial charge in [-0.2, -0.15) is 5.26 Å². The van der Waals surface area contributed by atoms with Crippen molar-refractivity contribution in [3.63, 3.8) is 0 Å². The zero-order chi connectivity index (χ0) is 17.2. The molecular formula is C19H22N6. The van der Waals surface area contributed by atoms with E-state index < -0.39 is 0 Å². The highest BCUT2D eigenvalue weighted by Crippen LogP contribution is 2.21. The fourth-order valence-electron chi connectivity index (χ4n) is 3.73. The minimum absolute atomic E-state index is 0.580. The van der Waals surface area contributed by atoms with Crippen molar-refractivity contribution < 1.29 is 0 Å². The lowest BCUT2D eigenvalue weighted by Gasteiger charge is -2.24. The predicted octanol–water partition coefficient (Wildman–Crippen LogP) is 2.32. The van der Waals surface area contributed by atoms with Crippen molar-refractivity contribution in [2.24, 2.45) is 5.92 Å². The number of aryl methyl sites for hydroxylation is 2. The molecule has 1 aliphatic heterocycles. The van der Waals surface area contributed by atoms with Crippen molar-refractivity contribution >= 4 is 5.52 Å². The van der Waals surface area contributed by atoms with E-state index in [9.17, 15) is 5.26 Å². The zero-order valence-electron chi connectivity index (χ0n) is 14.4. The Labute approximate surface area is 147 Å². The molecule has 1 aliphatic rings. The van der Waals surface area contributed by atoms with E-state index in [1.807, 2.05) is 28.8 Å². The predicted molar refractivity (Wildman–Crippen MR) is 95.0 cm³/mol. The number of aromatic nitrogens is 4. The highest BCUT2D eigenvalue weighted by molar-refractivity contribution is 5.65. The molecule has 4 heterocycles. The monoisotopic (exact) mass is 334 g/mol. The highest BCUT2D eigenvalue weighted by atomic mass is 15.3. The van der Waals surface area contributed by atoms with Crippen molar-refractivity contribution in [2.45, 2.75) is 39.3 Å². The first-order valence-corrected chi connectivity index (χ1v) is 8.90. The van der Waals surface area contributed by atoms with Gasteiger partial charge in [0.15, 0.2) is 0 Å². The average molecular weight is 334 g/mol. The number of nitrogens with zero attached hydrogens (tertiary/aromatic N) is 5. The van der Waals surface area contributed by atoms with E-state index in [1.54, 1.807) is 0 Å². The van der Waals surface area contributed by atoms with Gasteiger partial charge in [0.05, 0.1) is 11.1 Å². The molecule has 3 aromatic heterocycles. The number of nitrogens with one attached hydrogen (secondary N) is 1. The summed E-state index contributed by atoms with van der Waals surface area (Å²) < 4.78 is 4.30. The van der Waals surface area contributed by atoms with Crippen LogP contribution in [0.25, 0.3) is 5.52 Å². The first-order valence-electron chi connectivity index (χ1n) is 8.90. The van der Waals surface area contributed by atoms with E-state index in [1.165, 1.54) is 0 Å². The van der Waals surface area contributed by atoms with Crippen LogP contribution in [0.2, 0.25) is 0 Å². The maximum atomic E-state index is 9.49. The first kappa shape index (κ1) is 15.9. The Bertz CT molecular complexity index is 916. The Hall–Kier alpha value is -2.65. The van der Waals surface area contributed by atoms with Gasteiger partial charge >= 0.3 is 0 Å². The van der Waals surface area contributed by atoms with Crippen molar-refractivity contribution in [3.05, 3.63) is 53.4 Å². The summed E-state index contributed by atoms with van der Waals surface area (Å²) in [6.45, 7) is 4.77. The summed E-state index contributed by atoms with van der Waals surface area (Å²) in [5.74, 6) is 2.79. The van der Waals surface area contributed by atoms with Crippen LogP contribution in [0.1, 0.15) is 36.1 Å². The standard InChI is InChI=1S/C19H22N6/c1-2-18-22-23-19-7-6-14(12-25(18)19)10-21-11-15-13-24-8-4-3-5-17(24)16(15)9-20/h3-5,8,13-14,21H,2,6-7,10-12H2,1H3/t14-/m0/s1. The SMILES string of the molecule is CCc1nnc2n1C[C@H](CNCc1cn3ccccc3c1C#N)CC2. The summed E-state index contributed by atoms with van der Waals surface area (Å²) in [7, 11) is 0. The van der Waals surface area contributed by atoms with Gasteiger partial charge in [0.25, 0.3) is 0 Å². The van der Waals surface area contributed by atoms with Crippen LogP contribution in [0.3, 0.4) is 0 Å². The minimum atomic E-state index is 0.580. The second kappa shape index (κ2) is 6.69. The highest BCUT2D eigenvalue weighted by Gasteiger charge is 2.22. The van der Waals surface area contributed by atoms with Gasteiger partial charge < -0.3 is 14.3 Å². The van der Waals surface area contributed by atoms with Gasteiger partial charge in [0.1, 0.15) is 17.7 Å². The second-order valence-electron chi connectivity index (χ2n) is 6.67. The molecular weight excluding hydrogens is 312 g/mol. The number of hydrogen-bond donors (Lipinski definition) is 1. The molecule has 128 valence electrons. The smallest absolute Gasteiger partial charge is 0.133 e.